The van der Waals surface area contributed by atoms with Crippen LogP contribution in [-0.4, -0.2) is 147 Å². The lowest BCUT2D eigenvalue weighted by atomic mass is 10.2. The van der Waals surface area contributed by atoms with Crippen LogP contribution in [0.15, 0.2) is 0 Å². The number of amides is 2. The van der Waals surface area contributed by atoms with Crippen LogP contribution >= 0.6 is 0 Å². The fourth-order valence-corrected chi connectivity index (χ4v) is 2.68. The highest BCUT2D eigenvalue weighted by molar-refractivity contribution is 5.77. The van der Waals surface area contributed by atoms with Gasteiger partial charge in [0.05, 0.1) is 92.5 Å². The molecule has 16 heteroatoms. The average Bonchev–Trinajstić information content (AvgIpc) is 2.92. The number of nitrogens with one attached hydrogen (secondary N) is 2. The third-order valence-electron chi connectivity index (χ3n) is 4.54. The van der Waals surface area contributed by atoms with Crippen LogP contribution in [0.5, 0.6) is 0 Å². The highest BCUT2D eigenvalue weighted by Gasteiger charge is 2.19. The number of rotatable bonds is 28. The molecule has 0 aromatic carbocycles. The second-order valence-electron chi connectivity index (χ2n) is 9.34. The Bertz CT molecular complexity index is 705. The molecule has 0 aliphatic heterocycles. The highest BCUT2D eigenvalue weighted by atomic mass is 16.7. The summed E-state index contributed by atoms with van der Waals surface area (Å²) in [7, 11) is 0. The number of carboxylic acid groups (broad SMARTS) is 1. The fourth-order valence-electron chi connectivity index (χ4n) is 2.68. The topological polar surface area (TPSA) is 196 Å². The third kappa shape index (κ3) is 30.4. The molecule has 0 heterocycles. The van der Waals surface area contributed by atoms with Gasteiger partial charge in [0, 0.05) is 13.0 Å². The first kappa shape index (κ1) is 39.4. The lowest BCUT2D eigenvalue weighted by Crippen LogP contribution is -2.46. The molecule has 0 rings (SSSR count). The normalized spacial score (nSPS) is 12.0. The molecule has 246 valence electrons. The Hall–Kier alpha value is -2.60. The summed E-state index contributed by atoms with van der Waals surface area (Å²) in [5, 5.41) is 13.2. The molecule has 3 N–H and O–H groups in total. The number of aldehydes is 1. The Labute approximate surface area is 246 Å². The summed E-state index contributed by atoms with van der Waals surface area (Å²) in [4.78, 5) is 44.8. The summed E-state index contributed by atoms with van der Waals surface area (Å²) < 4.78 is 46.7. The zero-order valence-corrected chi connectivity index (χ0v) is 24.9. The first-order valence-electron chi connectivity index (χ1n) is 13.8. The Morgan fingerprint density at radius 1 is 0.667 bits per heavy atom. The second-order valence-corrected chi connectivity index (χ2v) is 9.34. The van der Waals surface area contributed by atoms with Crippen molar-refractivity contribution in [1.82, 2.24) is 10.6 Å². The molecule has 0 spiro atoms. The van der Waals surface area contributed by atoms with Crippen molar-refractivity contribution >= 4 is 24.4 Å². The van der Waals surface area contributed by atoms with Crippen molar-refractivity contribution in [2.75, 3.05) is 106 Å². The Morgan fingerprint density at radius 3 is 1.40 bits per heavy atom. The van der Waals surface area contributed by atoms with Gasteiger partial charge in [0.2, 0.25) is 5.91 Å². The standard InChI is InChI=1S/C26H48N2O14/c1-26(2,3)42-24(31)28-22(21-29)20-27-23(30)4-5-34-6-7-35-8-9-36-10-11-37-12-13-38-14-15-39-16-17-40-18-19-41-25(32)33/h21-22H,4-20H2,1-3H3,(H,27,30)(H,28,31)(H,32,33)/t22-/m0/s1. The van der Waals surface area contributed by atoms with Crippen LogP contribution in [-0.2, 0) is 52.2 Å². The quantitative estimate of drug-likeness (QED) is 0.0624. The van der Waals surface area contributed by atoms with E-state index in [0.29, 0.717) is 85.6 Å². The smallest absolute Gasteiger partial charge is 0.450 e. The van der Waals surface area contributed by atoms with E-state index in [0.717, 1.165) is 0 Å². The molecule has 0 radical (unpaired) electrons. The largest absolute Gasteiger partial charge is 0.505 e. The number of hydrogen-bond acceptors (Lipinski definition) is 13. The van der Waals surface area contributed by atoms with Crippen molar-refractivity contribution < 1.29 is 66.9 Å². The van der Waals surface area contributed by atoms with Crippen molar-refractivity contribution in [3.05, 3.63) is 0 Å². The molecule has 0 aromatic rings. The average molecular weight is 613 g/mol. The fraction of sp³-hybridized carbons (Fsp3) is 0.846. The van der Waals surface area contributed by atoms with Crippen molar-refractivity contribution in [2.24, 2.45) is 0 Å². The number of ether oxygens (including phenoxy) is 9. The summed E-state index contributed by atoms with van der Waals surface area (Å²) in [6.45, 7) is 10.2. The molecule has 42 heavy (non-hydrogen) atoms. The van der Waals surface area contributed by atoms with Gasteiger partial charge in [-0.3, -0.25) is 4.79 Å². The molecule has 0 unspecified atom stereocenters. The Balaban J connectivity index is 3.35. The van der Waals surface area contributed by atoms with Gasteiger partial charge in [0.1, 0.15) is 24.5 Å². The van der Waals surface area contributed by atoms with E-state index in [1.54, 1.807) is 20.8 Å². The maximum atomic E-state index is 11.9. The molecular formula is C26H48N2O14. The third-order valence-corrected chi connectivity index (χ3v) is 4.54. The van der Waals surface area contributed by atoms with Gasteiger partial charge in [0.25, 0.3) is 0 Å². The van der Waals surface area contributed by atoms with Gasteiger partial charge < -0.3 is 63.2 Å². The molecule has 0 saturated carbocycles. The molecule has 0 fully saturated rings. The van der Waals surface area contributed by atoms with E-state index in [2.05, 4.69) is 15.4 Å². The van der Waals surface area contributed by atoms with E-state index in [9.17, 15) is 19.2 Å². The molecule has 0 aliphatic rings. The van der Waals surface area contributed by atoms with Crippen LogP contribution in [0.3, 0.4) is 0 Å². The minimum atomic E-state index is -1.32. The van der Waals surface area contributed by atoms with Gasteiger partial charge in [-0.05, 0) is 20.8 Å². The summed E-state index contributed by atoms with van der Waals surface area (Å²) in [6, 6.07) is -0.891. The molecule has 0 saturated heterocycles. The molecule has 16 nitrogen and oxygen atoms in total. The van der Waals surface area contributed by atoms with E-state index in [4.69, 9.17) is 43.0 Å². The predicted molar refractivity (Wildman–Crippen MR) is 147 cm³/mol. The lowest BCUT2D eigenvalue weighted by Gasteiger charge is -2.21. The summed E-state index contributed by atoms with van der Waals surface area (Å²) in [5.74, 6) is -0.313. The van der Waals surface area contributed by atoms with Crippen molar-refractivity contribution in [2.45, 2.75) is 38.8 Å². The molecule has 0 aromatic heterocycles. The van der Waals surface area contributed by atoms with Gasteiger partial charge in [0.15, 0.2) is 0 Å². The summed E-state index contributed by atoms with van der Waals surface area (Å²) >= 11 is 0. The molecule has 2 amide bonds. The maximum absolute atomic E-state index is 11.9. The van der Waals surface area contributed by atoms with Crippen molar-refractivity contribution in [3.8, 4) is 0 Å². The summed E-state index contributed by atoms with van der Waals surface area (Å²) in [5.41, 5.74) is -0.691. The van der Waals surface area contributed by atoms with Crippen LogP contribution in [0, 0.1) is 0 Å². The van der Waals surface area contributed by atoms with Crippen LogP contribution in [0.1, 0.15) is 27.2 Å². The van der Waals surface area contributed by atoms with Crippen LogP contribution in [0.25, 0.3) is 0 Å². The Morgan fingerprint density at radius 2 is 1.05 bits per heavy atom. The van der Waals surface area contributed by atoms with E-state index in [-0.39, 0.29) is 38.7 Å². The SMILES string of the molecule is CC(C)(C)OC(=O)N[C@H](C=O)CNC(=O)CCOCCOCCOCCOCCOCCOCCOCCOC(=O)O. The van der Waals surface area contributed by atoms with Crippen molar-refractivity contribution in [1.29, 1.82) is 0 Å². The first-order chi connectivity index (χ1) is 20.1. The van der Waals surface area contributed by atoms with Crippen LogP contribution < -0.4 is 10.6 Å². The number of alkyl carbamates (subject to hydrolysis) is 1. The molecule has 1 atom stereocenters. The van der Waals surface area contributed by atoms with Gasteiger partial charge in [-0.1, -0.05) is 0 Å². The number of carbonyl (C=O) groups is 4. The maximum Gasteiger partial charge on any atom is 0.505 e. The van der Waals surface area contributed by atoms with E-state index < -0.39 is 23.9 Å². The van der Waals surface area contributed by atoms with Gasteiger partial charge >= 0.3 is 12.2 Å². The Kier molecular flexibility index (Phi) is 25.6. The highest BCUT2D eigenvalue weighted by Crippen LogP contribution is 2.06. The van der Waals surface area contributed by atoms with Crippen molar-refractivity contribution in [3.63, 3.8) is 0 Å². The molecular weight excluding hydrogens is 564 g/mol. The van der Waals surface area contributed by atoms with E-state index in [1.165, 1.54) is 0 Å². The molecule has 0 bridgehead atoms. The molecule has 0 aliphatic carbocycles. The first-order valence-corrected chi connectivity index (χ1v) is 13.8. The second kappa shape index (κ2) is 27.2. The van der Waals surface area contributed by atoms with E-state index in [1.807, 2.05) is 0 Å². The van der Waals surface area contributed by atoms with Gasteiger partial charge in [-0.15, -0.1) is 0 Å². The monoisotopic (exact) mass is 612 g/mol. The van der Waals surface area contributed by atoms with Crippen LogP contribution in [0.2, 0.25) is 0 Å². The van der Waals surface area contributed by atoms with Gasteiger partial charge in [-0.25, -0.2) is 9.59 Å². The minimum Gasteiger partial charge on any atom is -0.450 e. The zero-order valence-electron chi connectivity index (χ0n) is 24.9. The zero-order chi connectivity index (χ0) is 31.3. The predicted octanol–water partition coefficient (Wildman–Crippen LogP) is 0.396. The van der Waals surface area contributed by atoms with E-state index >= 15 is 0 Å². The number of carbonyl (C=O) groups excluding carboxylic acids is 3. The number of hydrogen-bond donors (Lipinski definition) is 3. The van der Waals surface area contributed by atoms with Crippen LogP contribution in [0.4, 0.5) is 9.59 Å². The lowest BCUT2D eigenvalue weighted by molar-refractivity contribution is -0.122. The van der Waals surface area contributed by atoms with Gasteiger partial charge in [-0.2, -0.15) is 0 Å². The minimum absolute atomic E-state index is 0.00812. The summed E-state index contributed by atoms with van der Waals surface area (Å²) in [6.07, 6.45) is -1.43.